The van der Waals surface area contributed by atoms with Gasteiger partial charge in [-0.15, -0.1) is 0 Å². The van der Waals surface area contributed by atoms with Crippen LogP contribution in [0.3, 0.4) is 0 Å². The molecule has 0 spiro atoms. The van der Waals surface area contributed by atoms with Crippen molar-refractivity contribution in [1.29, 1.82) is 0 Å². The van der Waals surface area contributed by atoms with Crippen LogP contribution >= 0.6 is 0 Å². The molecular weight excluding hydrogens is 858 g/mol. The monoisotopic (exact) mass is 890 g/mol. The number of fused-ring (bicyclic) bond motifs is 8. The topological polar surface area (TPSA) is 111 Å². The molecule has 11 aromatic rings. The van der Waals surface area contributed by atoms with E-state index in [0.29, 0.717) is 11.8 Å². The fourth-order valence-electron chi connectivity index (χ4n) is 10.3. The van der Waals surface area contributed by atoms with Crippen LogP contribution in [-0.4, -0.2) is 43.0 Å². The van der Waals surface area contributed by atoms with Gasteiger partial charge in [0.2, 0.25) is 11.8 Å². The third kappa shape index (κ3) is 5.96. The highest BCUT2D eigenvalue weighted by molar-refractivity contribution is 6.99. The van der Waals surface area contributed by atoms with Gasteiger partial charge in [-0.1, -0.05) is 91.0 Å². The first-order valence-corrected chi connectivity index (χ1v) is 22.7. The van der Waals surface area contributed by atoms with Crippen molar-refractivity contribution in [3.8, 4) is 102 Å². The van der Waals surface area contributed by atoms with Gasteiger partial charge in [0.15, 0.2) is 0 Å². The average Bonchev–Trinajstić information content (AvgIpc) is 4.22. The first-order valence-electron chi connectivity index (χ1n) is 22.7. The summed E-state index contributed by atoms with van der Waals surface area (Å²) in [6.45, 7) is -0.434. The molecule has 0 atom stereocenters. The van der Waals surface area contributed by atoms with E-state index in [-0.39, 0.29) is 13.4 Å². The minimum atomic E-state index is -0.223. The van der Waals surface area contributed by atoms with Crippen molar-refractivity contribution in [3.63, 3.8) is 0 Å². The number of hydrogen-bond acceptors (Lipinski definition) is 9. The van der Waals surface area contributed by atoms with E-state index in [1.807, 2.05) is 131 Å². The lowest BCUT2D eigenvalue weighted by Crippen LogP contribution is -2.57. The second-order valence-electron chi connectivity index (χ2n) is 17.6. The fraction of sp³-hybridized carbons (Fsp3) is 0. The van der Waals surface area contributed by atoms with Crippen molar-refractivity contribution < 1.29 is 23.4 Å². The Morgan fingerprint density at radius 2 is 0.855 bits per heavy atom. The molecule has 4 aliphatic heterocycles. The van der Waals surface area contributed by atoms with E-state index in [0.717, 1.165) is 123 Å². The Bertz CT molecular complexity index is 3630. The molecule has 6 aromatic carbocycles. The van der Waals surface area contributed by atoms with E-state index in [1.54, 1.807) is 12.4 Å². The van der Waals surface area contributed by atoms with Gasteiger partial charge in [0.1, 0.15) is 40.3 Å². The number of aromatic nitrogens is 6. The molecule has 0 amide bonds. The van der Waals surface area contributed by atoms with Crippen LogP contribution in [0, 0.1) is 0 Å². The zero-order valence-electron chi connectivity index (χ0n) is 36.4. The average molecular weight is 891 g/mol. The van der Waals surface area contributed by atoms with Crippen molar-refractivity contribution in [2.75, 3.05) is 0 Å². The quantitative estimate of drug-likeness (QED) is 0.152. The number of rotatable bonds is 6. The molecule has 15 rings (SSSR count). The van der Waals surface area contributed by atoms with Crippen LogP contribution in [0.25, 0.3) is 56.1 Å². The summed E-state index contributed by atoms with van der Waals surface area (Å²) in [5.74, 6) is 6.31. The standard InChI is InChI=1S/C56H32B2N6O5/c1-3-9-33(10-4-1)38-26-61-63(30-38)40-24-44-55(59-28-40)68-50-15-7-13-48-53(50)57(44)42-21-35(17-19-46(42)66-48)37-23-52(65-32-37)36-18-20-47-43(22-36)58-45-25-41(64-31-39(27-62-64)34-11-5-2-6-12-34)29-60-56(45)69-51-16-8-14-49(67-47)54(51)58/h1-32H. The van der Waals surface area contributed by atoms with Gasteiger partial charge in [-0.3, -0.25) is 0 Å². The predicted molar refractivity (Wildman–Crippen MR) is 266 cm³/mol. The Morgan fingerprint density at radius 1 is 0.362 bits per heavy atom. The van der Waals surface area contributed by atoms with Gasteiger partial charge in [0.05, 0.1) is 42.4 Å². The maximum Gasteiger partial charge on any atom is 0.262 e. The number of pyridine rings is 2. The van der Waals surface area contributed by atoms with E-state index < -0.39 is 0 Å². The molecule has 69 heavy (non-hydrogen) atoms. The number of nitrogens with zero attached hydrogens (tertiary/aromatic N) is 6. The number of benzene rings is 6. The Kier molecular flexibility index (Phi) is 7.99. The van der Waals surface area contributed by atoms with Gasteiger partial charge in [0.25, 0.3) is 13.4 Å². The summed E-state index contributed by atoms with van der Waals surface area (Å²) in [5, 5.41) is 9.46. The summed E-state index contributed by atoms with van der Waals surface area (Å²) in [6, 6.07) is 51.2. The number of ether oxygens (including phenoxy) is 4. The molecule has 0 unspecified atom stereocenters. The van der Waals surface area contributed by atoms with E-state index >= 15 is 0 Å². The van der Waals surface area contributed by atoms with E-state index in [1.165, 1.54) is 0 Å². The summed E-state index contributed by atoms with van der Waals surface area (Å²) in [4.78, 5) is 9.72. The zero-order valence-corrected chi connectivity index (χ0v) is 36.4. The Balaban J connectivity index is 0.787. The molecule has 0 aliphatic carbocycles. The van der Waals surface area contributed by atoms with E-state index in [2.05, 4.69) is 60.7 Å². The van der Waals surface area contributed by atoms with Crippen molar-refractivity contribution in [1.82, 2.24) is 29.5 Å². The molecule has 0 saturated carbocycles. The molecule has 0 N–H and O–H groups in total. The third-order valence-electron chi connectivity index (χ3n) is 13.6. The van der Waals surface area contributed by atoms with E-state index in [4.69, 9.17) is 43.5 Å². The highest BCUT2D eigenvalue weighted by atomic mass is 16.5. The molecule has 11 nitrogen and oxygen atoms in total. The smallest absolute Gasteiger partial charge is 0.262 e. The molecule has 0 bridgehead atoms. The summed E-state index contributed by atoms with van der Waals surface area (Å²) in [7, 11) is 0. The normalized spacial score (nSPS) is 13.0. The second kappa shape index (κ2) is 14.6. The lowest BCUT2D eigenvalue weighted by Gasteiger charge is -2.32. The van der Waals surface area contributed by atoms with Gasteiger partial charge >= 0.3 is 0 Å². The van der Waals surface area contributed by atoms with E-state index in [9.17, 15) is 0 Å². The van der Waals surface area contributed by atoms with Crippen molar-refractivity contribution >= 4 is 46.2 Å². The zero-order chi connectivity index (χ0) is 45.2. The van der Waals surface area contributed by atoms with Gasteiger partial charge in [-0.25, -0.2) is 19.3 Å². The lowest BCUT2D eigenvalue weighted by molar-refractivity contribution is 0.452. The molecule has 0 saturated heterocycles. The number of furan rings is 1. The maximum atomic E-state index is 6.59. The summed E-state index contributed by atoms with van der Waals surface area (Å²) in [6.07, 6.45) is 13.2. The predicted octanol–water partition coefficient (Wildman–Crippen LogP) is 8.56. The number of hydrogen-bond donors (Lipinski definition) is 0. The highest BCUT2D eigenvalue weighted by Crippen LogP contribution is 2.39. The Labute approximate surface area is 395 Å². The molecular formula is C56H32B2N6O5. The van der Waals surface area contributed by atoms with Crippen LogP contribution in [0.1, 0.15) is 0 Å². The minimum absolute atomic E-state index is 0.211. The molecule has 13 heteroatoms. The summed E-state index contributed by atoms with van der Waals surface area (Å²) in [5.41, 5.74) is 14.5. The minimum Gasteiger partial charge on any atom is -0.464 e. The third-order valence-corrected chi connectivity index (χ3v) is 13.6. The summed E-state index contributed by atoms with van der Waals surface area (Å²) >= 11 is 0. The van der Waals surface area contributed by atoms with Crippen molar-refractivity contribution in [3.05, 3.63) is 195 Å². The molecule has 9 heterocycles. The fourth-order valence-corrected chi connectivity index (χ4v) is 10.3. The second-order valence-corrected chi connectivity index (χ2v) is 17.6. The molecule has 4 aliphatic rings. The SMILES string of the molecule is c1ccc(-c2cnn(-c3cnc4c(c3)B3c5cc(-c6coc(-c7ccc8c(c7)B7c9cc(-n%10cc(-c%11ccccc%11)cn%10)cnc9Oc9cccc(c97)O8)c6)ccc5Oc5cccc(c53)O4)c2)cc1. The first kappa shape index (κ1) is 37.8. The van der Waals surface area contributed by atoms with Crippen molar-refractivity contribution in [2.24, 2.45) is 0 Å². The van der Waals surface area contributed by atoms with Crippen LogP contribution in [0.2, 0.25) is 0 Å². The molecule has 5 aromatic heterocycles. The summed E-state index contributed by atoms with van der Waals surface area (Å²) < 4.78 is 36.2. The maximum absolute atomic E-state index is 6.59. The van der Waals surface area contributed by atoms with Crippen LogP contribution < -0.4 is 51.7 Å². The van der Waals surface area contributed by atoms with Crippen LogP contribution in [0.15, 0.2) is 200 Å². The first-order chi connectivity index (χ1) is 34.1. The van der Waals surface area contributed by atoms with Crippen LogP contribution in [0.5, 0.6) is 46.3 Å². The highest BCUT2D eigenvalue weighted by Gasteiger charge is 2.43. The molecule has 0 fully saturated rings. The molecule has 0 radical (unpaired) electrons. The largest absolute Gasteiger partial charge is 0.464 e. The Morgan fingerprint density at radius 3 is 1.39 bits per heavy atom. The lowest BCUT2D eigenvalue weighted by atomic mass is 9.35. The van der Waals surface area contributed by atoms with Crippen LogP contribution in [-0.2, 0) is 0 Å². The molecule has 322 valence electrons. The van der Waals surface area contributed by atoms with Gasteiger partial charge < -0.3 is 23.4 Å². The van der Waals surface area contributed by atoms with Gasteiger partial charge in [-0.2, -0.15) is 10.2 Å². The van der Waals surface area contributed by atoms with Gasteiger partial charge in [-0.05, 0) is 99.2 Å². The van der Waals surface area contributed by atoms with Crippen LogP contribution in [0.4, 0.5) is 0 Å². The van der Waals surface area contributed by atoms with Gasteiger partial charge in [0, 0.05) is 45.6 Å². The Hall–Kier alpha value is -9.35. The van der Waals surface area contributed by atoms with Crippen molar-refractivity contribution in [2.45, 2.75) is 0 Å².